The molecule has 0 bridgehead atoms. The SMILES string of the molecule is Cc1nc(N)c2ncn([C@@H]3O[C@H](CO)C(O)[C@H]3O)c2n1. The lowest BCUT2D eigenvalue weighted by Crippen LogP contribution is -2.33. The summed E-state index contributed by atoms with van der Waals surface area (Å²) < 4.78 is 6.92. The van der Waals surface area contributed by atoms with Crippen LogP contribution >= 0.6 is 0 Å². The number of nitrogens with two attached hydrogens (primary N) is 1. The molecule has 1 fully saturated rings. The largest absolute Gasteiger partial charge is 0.394 e. The summed E-state index contributed by atoms with van der Waals surface area (Å²) in [5.41, 5.74) is 6.57. The smallest absolute Gasteiger partial charge is 0.167 e. The van der Waals surface area contributed by atoms with Crippen molar-refractivity contribution in [3.63, 3.8) is 0 Å². The second kappa shape index (κ2) is 4.63. The van der Waals surface area contributed by atoms with E-state index in [1.54, 1.807) is 6.92 Å². The van der Waals surface area contributed by atoms with Crippen LogP contribution in [0.2, 0.25) is 0 Å². The van der Waals surface area contributed by atoms with Gasteiger partial charge in [-0.25, -0.2) is 15.0 Å². The molecule has 0 aromatic carbocycles. The molecule has 4 atom stereocenters. The van der Waals surface area contributed by atoms with Crippen LogP contribution in [0, 0.1) is 6.92 Å². The number of nitrogens with zero attached hydrogens (tertiary/aromatic N) is 4. The van der Waals surface area contributed by atoms with Crippen LogP contribution in [-0.2, 0) is 4.74 Å². The highest BCUT2D eigenvalue weighted by molar-refractivity contribution is 5.81. The highest BCUT2D eigenvalue weighted by atomic mass is 16.6. The standard InChI is InChI=1S/C11H15N5O4/c1-4-14-9(12)6-10(15-4)16(3-13-6)11-8(19)7(18)5(2-17)20-11/h3,5,7-8,11,17-19H,2H2,1H3,(H2,12,14,15)/t5-,7?,8-,11-/m1/s1. The Morgan fingerprint density at radius 3 is 2.75 bits per heavy atom. The highest BCUT2D eigenvalue weighted by Crippen LogP contribution is 2.31. The van der Waals surface area contributed by atoms with Crippen LogP contribution in [0.4, 0.5) is 5.82 Å². The quantitative estimate of drug-likeness (QED) is 0.512. The summed E-state index contributed by atoms with van der Waals surface area (Å²) in [6, 6.07) is 0. The lowest BCUT2D eigenvalue weighted by Gasteiger charge is -2.16. The van der Waals surface area contributed by atoms with Crippen molar-refractivity contribution >= 4 is 17.0 Å². The second-order valence-electron chi connectivity index (χ2n) is 4.71. The number of ether oxygens (including phenoxy) is 1. The third-order valence-corrected chi connectivity index (χ3v) is 3.35. The number of aryl methyl sites for hydroxylation is 1. The maximum Gasteiger partial charge on any atom is 0.167 e. The van der Waals surface area contributed by atoms with E-state index in [-0.39, 0.29) is 5.82 Å². The van der Waals surface area contributed by atoms with Crippen molar-refractivity contribution in [1.82, 2.24) is 19.5 Å². The summed E-state index contributed by atoms with van der Waals surface area (Å²) in [4.78, 5) is 12.3. The number of anilines is 1. The first-order chi connectivity index (χ1) is 9.52. The Morgan fingerprint density at radius 1 is 1.35 bits per heavy atom. The molecule has 1 unspecified atom stereocenters. The zero-order chi connectivity index (χ0) is 14.4. The fourth-order valence-electron chi connectivity index (χ4n) is 2.35. The summed E-state index contributed by atoms with van der Waals surface area (Å²) >= 11 is 0. The van der Waals surface area contributed by atoms with Crippen LogP contribution in [0.3, 0.4) is 0 Å². The summed E-state index contributed by atoms with van der Waals surface area (Å²) in [6.45, 7) is 1.29. The van der Waals surface area contributed by atoms with Gasteiger partial charge in [0.05, 0.1) is 12.9 Å². The molecular formula is C11H15N5O4. The summed E-state index contributed by atoms with van der Waals surface area (Å²) in [7, 11) is 0. The number of nitrogen functional groups attached to an aromatic ring is 1. The van der Waals surface area contributed by atoms with E-state index in [0.29, 0.717) is 17.0 Å². The molecule has 0 saturated carbocycles. The molecule has 1 aliphatic rings. The molecule has 3 rings (SSSR count). The monoisotopic (exact) mass is 281 g/mol. The first-order valence-corrected chi connectivity index (χ1v) is 6.12. The van der Waals surface area contributed by atoms with Crippen molar-refractivity contribution in [2.75, 3.05) is 12.3 Å². The van der Waals surface area contributed by atoms with E-state index in [2.05, 4.69) is 15.0 Å². The fourth-order valence-corrected chi connectivity index (χ4v) is 2.35. The van der Waals surface area contributed by atoms with Crippen LogP contribution in [0.5, 0.6) is 0 Å². The molecule has 2 aromatic heterocycles. The number of imidazole rings is 1. The van der Waals surface area contributed by atoms with Gasteiger partial charge in [-0.2, -0.15) is 0 Å². The van der Waals surface area contributed by atoms with Gasteiger partial charge >= 0.3 is 0 Å². The zero-order valence-corrected chi connectivity index (χ0v) is 10.7. The van der Waals surface area contributed by atoms with Crippen LogP contribution in [0.15, 0.2) is 6.33 Å². The van der Waals surface area contributed by atoms with E-state index in [0.717, 1.165) is 0 Å². The molecule has 0 spiro atoms. The molecule has 0 radical (unpaired) electrons. The van der Waals surface area contributed by atoms with Gasteiger partial charge in [0.15, 0.2) is 17.7 Å². The number of aliphatic hydroxyl groups is 3. The maximum absolute atomic E-state index is 10.0. The zero-order valence-electron chi connectivity index (χ0n) is 10.7. The number of rotatable bonds is 2. The van der Waals surface area contributed by atoms with Crippen molar-refractivity contribution in [2.45, 2.75) is 31.5 Å². The predicted molar refractivity (Wildman–Crippen MR) is 67.5 cm³/mol. The Balaban J connectivity index is 2.07. The van der Waals surface area contributed by atoms with E-state index in [1.807, 2.05) is 0 Å². The van der Waals surface area contributed by atoms with Gasteiger partial charge < -0.3 is 25.8 Å². The van der Waals surface area contributed by atoms with Gasteiger partial charge in [-0.05, 0) is 6.92 Å². The number of aliphatic hydroxyl groups excluding tert-OH is 3. The number of aromatic nitrogens is 4. The molecule has 1 aliphatic heterocycles. The van der Waals surface area contributed by atoms with Crippen LogP contribution < -0.4 is 5.73 Å². The fraction of sp³-hybridized carbons (Fsp3) is 0.545. The van der Waals surface area contributed by atoms with Crippen molar-refractivity contribution in [2.24, 2.45) is 0 Å². The number of hydrogen-bond donors (Lipinski definition) is 4. The number of fused-ring (bicyclic) bond motifs is 1. The summed E-state index contributed by atoms with van der Waals surface area (Å²) in [5.74, 6) is 0.696. The normalized spacial score (nSPS) is 30.2. The molecule has 2 aromatic rings. The minimum absolute atomic E-state index is 0.234. The van der Waals surface area contributed by atoms with E-state index in [4.69, 9.17) is 15.6 Å². The maximum atomic E-state index is 10.0. The molecule has 20 heavy (non-hydrogen) atoms. The van der Waals surface area contributed by atoms with Crippen molar-refractivity contribution in [1.29, 1.82) is 0 Å². The first-order valence-electron chi connectivity index (χ1n) is 6.12. The Labute approximate surface area is 113 Å². The van der Waals surface area contributed by atoms with E-state index < -0.39 is 31.1 Å². The highest BCUT2D eigenvalue weighted by Gasteiger charge is 2.44. The molecule has 5 N–H and O–H groups in total. The molecule has 0 aliphatic carbocycles. The third-order valence-electron chi connectivity index (χ3n) is 3.35. The first kappa shape index (κ1) is 13.2. The van der Waals surface area contributed by atoms with Gasteiger partial charge in [-0.15, -0.1) is 0 Å². The predicted octanol–water partition coefficient (Wildman–Crippen LogP) is -1.67. The summed E-state index contributed by atoms with van der Waals surface area (Å²) in [6.07, 6.45) is -2.70. The van der Waals surface area contributed by atoms with Gasteiger partial charge in [-0.1, -0.05) is 0 Å². The van der Waals surface area contributed by atoms with E-state index in [9.17, 15) is 10.2 Å². The molecule has 3 heterocycles. The van der Waals surface area contributed by atoms with Gasteiger partial charge in [0.1, 0.15) is 29.7 Å². The Hall–Kier alpha value is -1.81. The average Bonchev–Trinajstić information content (AvgIpc) is 2.93. The van der Waals surface area contributed by atoms with Crippen molar-refractivity contribution < 1.29 is 20.1 Å². The number of hydrogen-bond acceptors (Lipinski definition) is 8. The topological polar surface area (TPSA) is 140 Å². The van der Waals surface area contributed by atoms with Crippen LogP contribution in [0.25, 0.3) is 11.2 Å². The van der Waals surface area contributed by atoms with Gasteiger partial charge in [-0.3, -0.25) is 4.57 Å². The molecule has 1 saturated heterocycles. The van der Waals surface area contributed by atoms with Gasteiger partial charge in [0.2, 0.25) is 0 Å². The lowest BCUT2D eigenvalue weighted by atomic mass is 10.1. The van der Waals surface area contributed by atoms with E-state index in [1.165, 1.54) is 10.9 Å². The minimum atomic E-state index is -1.19. The molecule has 0 amide bonds. The summed E-state index contributed by atoms with van der Waals surface area (Å²) in [5, 5.41) is 28.9. The third kappa shape index (κ3) is 1.83. The van der Waals surface area contributed by atoms with Gasteiger partial charge in [0, 0.05) is 0 Å². The van der Waals surface area contributed by atoms with Crippen molar-refractivity contribution in [3.8, 4) is 0 Å². The Morgan fingerprint density at radius 2 is 2.10 bits per heavy atom. The molecular weight excluding hydrogens is 266 g/mol. The average molecular weight is 281 g/mol. The second-order valence-corrected chi connectivity index (χ2v) is 4.71. The van der Waals surface area contributed by atoms with Crippen LogP contribution in [0.1, 0.15) is 12.1 Å². The molecule has 108 valence electrons. The lowest BCUT2D eigenvalue weighted by molar-refractivity contribution is -0.0511. The van der Waals surface area contributed by atoms with Gasteiger partial charge in [0.25, 0.3) is 0 Å². The van der Waals surface area contributed by atoms with Crippen molar-refractivity contribution in [3.05, 3.63) is 12.2 Å². The molecule has 9 nitrogen and oxygen atoms in total. The minimum Gasteiger partial charge on any atom is -0.394 e. The van der Waals surface area contributed by atoms with E-state index >= 15 is 0 Å². The van der Waals surface area contributed by atoms with Crippen LogP contribution in [-0.4, -0.2) is 59.8 Å². The Bertz CT molecular complexity index is 645. The molecule has 9 heteroatoms. The Kier molecular flexibility index (Phi) is 3.05.